The van der Waals surface area contributed by atoms with Crippen LogP contribution in [0.5, 0.6) is 17.2 Å². The number of rotatable bonds is 8. The summed E-state index contributed by atoms with van der Waals surface area (Å²) in [7, 11) is 4.78. The molecular weight excluding hydrogens is 378 g/mol. The Bertz CT molecular complexity index is 951. The lowest BCUT2D eigenvalue weighted by atomic mass is 10.2. The highest BCUT2D eigenvalue weighted by Crippen LogP contribution is 2.43. The Morgan fingerprint density at radius 3 is 2.36 bits per heavy atom. The fraction of sp³-hybridized carbons (Fsp3) is 0.421. The zero-order valence-corrected chi connectivity index (χ0v) is 17.5. The molecule has 0 fully saturated rings. The molecule has 0 aliphatic rings. The number of hydrogen-bond donors (Lipinski definition) is 1. The van der Waals surface area contributed by atoms with Crippen LogP contribution in [0.4, 0.5) is 5.82 Å². The lowest BCUT2D eigenvalue weighted by Gasteiger charge is -2.17. The van der Waals surface area contributed by atoms with Crippen molar-refractivity contribution in [2.24, 2.45) is 0 Å². The van der Waals surface area contributed by atoms with Gasteiger partial charge in [0.25, 0.3) is 0 Å². The molecule has 0 spiro atoms. The van der Waals surface area contributed by atoms with Crippen molar-refractivity contribution in [3.63, 3.8) is 0 Å². The van der Waals surface area contributed by atoms with Crippen molar-refractivity contribution < 1.29 is 14.2 Å². The highest BCUT2D eigenvalue weighted by Gasteiger charge is 2.21. The summed E-state index contributed by atoms with van der Waals surface area (Å²) in [5.74, 6) is 2.11. The van der Waals surface area contributed by atoms with Crippen LogP contribution in [0.15, 0.2) is 28.5 Å². The van der Waals surface area contributed by atoms with Gasteiger partial charge >= 0.3 is 0 Å². The molecule has 0 bridgehead atoms. The Hall–Kier alpha value is -2.68. The van der Waals surface area contributed by atoms with E-state index in [0.29, 0.717) is 28.6 Å². The van der Waals surface area contributed by atoms with Crippen molar-refractivity contribution in [1.29, 1.82) is 0 Å². The first-order valence-electron chi connectivity index (χ1n) is 9.00. The van der Waals surface area contributed by atoms with Crippen LogP contribution in [-0.2, 0) is 0 Å². The lowest BCUT2D eigenvalue weighted by Crippen LogP contribution is -2.07. The molecule has 1 aromatic carbocycles. The summed E-state index contributed by atoms with van der Waals surface area (Å²) < 4.78 is 18.4. The molecule has 0 unspecified atom stereocenters. The maximum atomic E-state index is 6.04. The van der Waals surface area contributed by atoms with Gasteiger partial charge in [-0.15, -0.1) is 0 Å². The Morgan fingerprint density at radius 1 is 1.11 bits per heavy atom. The first-order chi connectivity index (χ1) is 13.5. The monoisotopic (exact) mass is 403 g/mol. The predicted molar refractivity (Wildman–Crippen MR) is 110 cm³/mol. The Labute approximate surface area is 168 Å². The number of benzene rings is 1. The molecular formula is C19H25N5O3S. The maximum absolute atomic E-state index is 6.04. The minimum absolute atomic E-state index is 0.217. The number of nitrogen functional groups attached to an aromatic ring is 1. The number of nitrogens with zero attached hydrogens (tertiary/aromatic N) is 4. The third-order valence-electron chi connectivity index (χ3n) is 4.47. The molecule has 3 aromatic rings. The first kappa shape index (κ1) is 20.1. The highest BCUT2D eigenvalue weighted by atomic mass is 32.2. The molecule has 2 heterocycles. The molecule has 0 radical (unpaired) electrons. The van der Waals surface area contributed by atoms with E-state index in [-0.39, 0.29) is 6.04 Å². The number of anilines is 1. The van der Waals surface area contributed by atoms with E-state index in [2.05, 4.69) is 28.4 Å². The van der Waals surface area contributed by atoms with Gasteiger partial charge in [-0.2, -0.15) is 0 Å². The second kappa shape index (κ2) is 8.55. The molecule has 0 aliphatic carbocycles. The second-order valence-corrected chi connectivity index (χ2v) is 7.34. The van der Waals surface area contributed by atoms with E-state index in [0.717, 1.165) is 28.5 Å². The van der Waals surface area contributed by atoms with Crippen molar-refractivity contribution >= 4 is 28.7 Å². The standard InChI is InChI=1S/C19H25N5O3S/c1-6-7-11(2)24-18-15(17(20)21-10-22-18)23-19(24)28-12-8-13(25-3)16(27-5)14(9-12)26-4/h8-11H,6-7H2,1-5H3,(H2,20,21,22)/t11-/m0/s1. The van der Waals surface area contributed by atoms with Crippen molar-refractivity contribution in [2.45, 2.75) is 42.8 Å². The Morgan fingerprint density at radius 2 is 1.79 bits per heavy atom. The summed E-state index contributed by atoms with van der Waals surface area (Å²) in [4.78, 5) is 14.1. The average Bonchev–Trinajstić information content (AvgIpc) is 3.06. The van der Waals surface area contributed by atoms with Crippen molar-refractivity contribution in [2.75, 3.05) is 27.1 Å². The van der Waals surface area contributed by atoms with Gasteiger partial charge in [-0.1, -0.05) is 25.1 Å². The fourth-order valence-corrected chi connectivity index (χ4v) is 4.19. The summed E-state index contributed by atoms with van der Waals surface area (Å²) in [6, 6.07) is 4.01. The molecule has 9 heteroatoms. The summed E-state index contributed by atoms with van der Waals surface area (Å²) in [5, 5.41) is 0.789. The van der Waals surface area contributed by atoms with Gasteiger partial charge in [0, 0.05) is 10.9 Å². The van der Waals surface area contributed by atoms with Crippen molar-refractivity contribution in [3.8, 4) is 17.2 Å². The normalized spacial score (nSPS) is 12.2. The molecule has 8 nitrogen and oxygen atoms in total. The summed E-state index contributed by atoms with van der Waals surface area (Å²) >= 11 is 1.49. The van der Waals surface area contributed by atoms with Crippen LogP contribution in [0.25, 0.3) is 11.2 Å². The van der Waals surface area contributed by atoms with Gasteiger partial charge in [0.1, 0.15) is 6.33 Å². The molecule has 28 heavy (non-hydrogen) atoms. The Kier molecular flexibility index (Phi) is 6.13. The van der Waals surface area contributed by atoms with E-state index in [9.17, 15) is 0 Å². The van der Waals surface area contributed by atoms with Crippen LogP contribution < -0.4 is 19.9 Å². The third-order valence-corrected chi connectivity index (χ3v) is 5.41. The van der Waals surface area contributed by atoms with Gasteiger partial charge in [0.15, 0.2) is 33.6 Å². The highest BCUT2D eigenvalue weighted by molar-refractivity contribution is 7.99. The minimum Gasteiger partial charge on any atom is -0.493 e. The van der Waals surface area contributed by atoms with E-state index in [4.69, 9.17) is 24.9 Å². The fourth-order valence-electron chi connectivity index (χ4n) is 3.14. The van der Waals surface area contributed by atoms with Crippen LogP contribution in [0.2, 0.25) is 0 Å². The molecule has 0 saturated heterocycles. The topological polar surface area (TPSA) is 97.3 Å². The number of hydrogen-bond acceptors (Lipinski definition) is 8. The number of aromatic nitrogens is 4. The third kappa shape index (κ3) is 3.66. The van der Waals surface area contributed by atoms with Crippen LogP contribution in [0.3, 0.4) is 0 Å². The molecule has 3 rings (SSSR count). The maximum Gasteiger partial charge on any atom is 0.203 e. The summed E-state index contributed by atoms with van der Waals surface area (Å²) in [5.41, 5.74) is 7.39. The van der Waals surface area contributed by atoms with Gasteiger partial charge in [-0.05, 0) is 25.5 Å². The van der Waals surface area contributed by atoms with Gasteiger partial charge < -0.3 is 24.5 Å². The molecule has 150 valence electrons. The van der Waals surface area contributed by atoms with Crippen LogP contribution in [0.1, 0.15) is 32.7 Å². The van der Waals surface area contributed by atoms with Crippen LogP contribution >= 0.6 is 11.8 Å². The molecule has 2 N–H and O–H groups in total. The van der Waals surface area contributed by atoms with E-state index in [1.807, 2.05) is 12.1 Å². The molecule has 2 aromatic heterocycles. The number of fused-ring (bicyclic) bond motifs is 1. The number of methoxy groups -OCH3 is 3. The minimum atomic E-state index is 0.217. The van der Waals surface area contributed by atoms with E-state index < -0.39 is 0 Å². The van der Waals surface area contributed by atoms with Gasteiger partial charge in [0.2, 0.25) is 5.75 Å². The Balaban J connectivity index is 2.12. The molecule has 0 saturated carbocycles. The quantitative estimate of drug-likeness (QED) is 0.604. The predicted octanol–water partition coefficient (Wildman–Crippen LogP) is 3.95. The molecule has 1 atom stereocenters. The first-order valence-corrected chi connectivity index (χ1v) is 9.81. The SMILES string of the molecule is CCC[C@H](C)n1c(Sc2cc(OC)c(OC)c(OC)c2)nc2c(N)ncnc21. The van der Waals surface area contributed by atoms with Gasteiger partial charge in [-0.3, -0.25) is 0 Å². The van der Waals surface area contributed by atoms with E-state index >= 15 is 0 Å². The van der Waals surface area contributed by atoms with Crippen molar-refractivity contribution in [1.82, 2.24) is 19.5 Å². The lowest BCUT2D eigenvalue weighted by molar-refractivity contribution is 0.323. The largest absolute Gasteiger partial charge is 0.493 e. The number of nitrogens with two attached hydrogens (primary N) is 1. The van der Waals surface area contributed by atoms with Gasteiger partial charge in [0.05, 0.1) is 21.3 Å². The summed E-state index contributed by atoms with van der Waals surface area (Å²) in [6.07, 6.45) is 3.52. The van der Waals surface area contributed by atoms with Crippen LogP contribution in [0, 0.1) is 0 Å². The zero-order chi connectivity index (χ0) is 20.3. The van der Waals surface area contributed by atoms with Gasteiger partial charge in [-0.25, -0.2) is 15.0 Å². The number of ether oxygens (including phenoxy) is 3. The average molecular weight is 404 g/mol. The number of imidazole rings is 1. The van der Waals surface area contributed by atoms with Crippen LogP contribution in [-0.4, -0.2) is 40.8 Å². The molecule has 0 aliphatic heterocycles. The van der Waals surface area contributed by atoms with E-state index in [1.54, 1.807) is 21.3 Å². The van der Waals surface area contributed by atoms with E-state index in [1.165, 1.54) is 18.1 Å². The zero-order valence-electron chi connectivity index (χ0n) is 16.7. The second-order valence-electron chi connectivity index (χ2n) is 6.30. The molecule has 0 amide bonds. The summed E-state index contributed by atoms with van der Waals surface area (Å²) in [6.45, 7) is 4.31. The van der Waals surface area contributed by atoms with Crippen molar-refractivity contribution in [3.05, 3.63) is 18.5 Å². The smallest absolute Gasteiger partial charge is 0.203 e.